The highest BCUT2D eigenvalue weighted by molar-refractivity contribution is 7.99. The number of hydrogen-bond donors (Lipinski definition) is 0. The van der Waals surface area contributed by atoms with Gasteiger partial charge in [0, 0.05) is 20.8 Å². The molecule has 2 aliphatic rings. The molecule has 12 nitrogen and oxygen atoms in total. The van der Waals surface area contributed by atoms with Crippen LogP contribution in [0.5, 0.6) is 0 Å². The number of ether oxygens (including phenoxy) is 9. The zero-order chi connectivity index (χ0) is 38.5. The van der Waals surface area contributed by atoms with Crippen LogP contribution in [0.2, 0.25) is 0 Å². The van der Waals surface area contributed by atoms with E-state index in [4.69, 9.17) is 42.6 Å². The fourth-order valence-electron chi connectivity index (χ4n) is 6.47. The molecule has 292 valence electrons. The van der Waals surface area contributed by atoms with Gasteiger partial charge in [0.1, 0.15) is 29.9 Å². The molecular formula is C41H50O12S. The van der Waals surface area contributed by atoms with Crippen molar-refractivity contribution in [1.82, 2.24) is 0 Å². The molecule has 0 N–H and O–H groups in total. The summed E-state index contributed by atoms with van der Waals surface area (Å²) < 4.78 is 56.2. The number of hydrogen-bond acceptors (Lipinski definition) is 13. The second-order valence-electron chi connectivity index (χ2n) is 13.0. The third kappa shape index (κ3) is 11.8. The Kier molecular flexibility index (Phi) is 15.9. The predicted molar refractivity (Wildman–Crippen MR) is 199 cm³/mol. The molecule has 0 aromatic heterocycles. The van der Waals surface area contributed by atoms with E-state index in [9.17, 15) is 14.4 Å². The summed E-state index contributed by atoms with van der Waals surface area (Å²) in [6.45, 7) is 8.13. The van der Waals surface area contributed by atoms with Crippen LogP contribution in [0, 0.1) is 0 Å². The zero-order valence-electron chi connectivity index (χ0n) is 31.3. The van der Waals surface area contributed by atoms with E-state index in [-0.39, 0.29) is 13.2 Å². The molecule has 0 spiro atoms. The van der Waals surface area contributed by atoms with Crippen molar-refractivity contribution in [3.63, 3.8) is 0 Å². The first-order valence-corrected chi connectivity index (χ1v) is 19.2. The standard InChI is InChI=1S/C41H50O12S/c1-6-54-41-39(47-24-32-20-14-9-15-21-32)36(46-23-31-18-12-8-13-19-31)35(45-22-30-16-10-7-11-17-30)33(53-41)25-48-40-38(52-29(5)44)37(51-28(4)43)34(26(2)49-40)50-27(3)42/h7-21,26,33-41H,6,22-25H2,1-5H3/t26-,33+,34-,35+,36-,37+,38+,39+,40+,41+/m0/s1. The molecule has 0 bridgehead atoms. The first-order valence-electron chi connectivity index (χ1n) is 18.1. The molecule has 0 unspecified atom stereocenters. The van der Waals surface area contributed by atoms with Crippen molar-refractivity contribution in [3.8, 4) is 0 Å². The fourth-order valence-corrected chi connectivity index (χ4v) is 7.44. The van der Waals surface area contributed by atoms with Crippen molar-refractivity contribution in [3.05, 3.63) is 108 Å². The number of rotatable bonds is 17. The van der Waals surface area contributed by atoms with Gasteiger partial charge >= 0.3 is 17.9 Å². The average Bonchev–Trinajstić information content (AvgIpc) is 3.15. The van der Waals surface area contributed by atoms with Gasteiger partial charge in [0.15, 0.2) is 24.6 Å². The number of carbonyl (C=O) groups is 3. The summed E-state index contributed by atoms with van der Waals surface area (Å²) >= 11 is 1.58. The van der Waals surface area contributed by atoms with E-state index in [1.807, 2.05) is 97.9 Å². The maximum Gasteiger partial charge on any atom is 0.303 e. The van der Waals surface area contributed by atoms with Gasteiger partial charge < -0.3 is 42.6 Å². The highest BCUT2D eigenvalue weighted by Gasteiger charge is 2.53. The quantitative estimate of drug-likeness (QED) is 0.122. The first kappa shape index (κ1) is 41.3. The second-order valence-corrected chi connectivity index (χ2v) is 14.4. The maximum absolute atomic E-state index is 12.4. The van der Waals surface area contributed by atoms with Crippen LogP contribution in [0.1, 0.15) is 51.3 Å². The lowest BCUT2D eigenvalue weighted by Crippen LogP contribution is -2.63. The summed E-state index contributed by atoms with van der Waals surface area (Å²) in [7, 11) is 0. The molecule has 0 amide bonds. The molecule has 2 aliphatic heterocycles. The van der Waals surface area contributed by atoms with Crippen molar-refractivity contribution in [2.45, 2.75) is 115 Å². The van der Waals surface area contributed by atoms with Crippen molar-refractivity contribution < 1.29 is 57.0 Å². The van der Waals surface area contributed by atoms with Crippen LogP contribution in [-0.2, 0) is 76.8 Å². The number of carbonyl (C=O) groups excluding carboxylic acids is 3. The van der Waals surface area contributed by atoms with Gasteiger partial charge in [-0.1, -0.05) is 97.9 Å². The molecule has 5 rings (SSSR count). The van der Waals surface area contributed by atoms with E-state index in [1.54, 1.807) is 18.7 Å². The van der Waals surface area contributed by atoms with Crippen LogP contribution in [0.25, 0.3) is 0 Å². The second kappa shape index (κ2) is 20.7. The molecule has 2 heterocycles. The van der Waals surface area contributed by atoms with Gasteiger partial charge in [-0.15, -0.1) is 11.8 Å². The van der Waals surface area contributed by atoms with Crippen molar-refractivity contribution >= 4 is 29.7 Å². The van der Waals surface area contributed by atoms with E-state index in [2.05, 4.69) is 0 Å². The van der Waals surface area contributed by atoms with Crippen molar-refractivity contribution in [2.75, 3.05) is 12.4 Å². The minimum atomic E-state index is -1.27. The monoisotopic (exact) mass is 766 g/mol. The van der Waals surface area contributed by atoms with Crippen LogP contribution in [0.4, 0.5) is 0 Å². The van der Waals surface area contributed by atoms with Gasteiger partial charge in [-0.2, -0.15) is 0 Å². The number of benzene rings is 3. The van der Waals surface area contributed by atoms with Gasteiger partial charge in [-0.05, 0) is 29.4 Å². The molecule has 0 radical (unpaired) electrons. The van der Waals surface area contributed by atoms with E-state index in [1.165, 1.54) is 20.8 Å². The van der Waals surface area contributed by atoms with E-state index in [0.29, 0.717) is 13.2 Å². The van der Waals surface area contributed by atoms with E-state index >= 15 is 0 Å². The average molecular weight is 767 g/mol. The molecule has 3 aromatic carbocycles. The minimum absolute atomic E-state index is 0.100. The normalized spacial score (nSPS) is 28.2. The smallest absolute Gasteiger partial charge is 0.303 e. The molecule has 2 fully saturated rings. The van der Waals surface area contributed by atoms with Crippen LogP contribution >= 0.6 is 11.8 Å². The van der Waals surface area contributed by atoms with Gasteiger partial charge in [-0.3, -0.25) is 14.4 Å². The van der Waals surface area contributed by atoms with Gasteiger partial charge in [0.05, 0.1) is 32.5 Å². The molecule has 0 saturated carbocycles. The topological polar surface area (TPSA) is 134 Å². The van der Waals surface area contributed by atoms with Gasteiger partial charge in [0.25, 0.3) is 0 Å². The SMILES string of the molecule is CCS[C@H]1O[C@H](CO[C@@H]2O[C@@H](C)[C@H](OC(C)=O)[C@@H](OC(C)=O)[C@H]2OC(C)=O)[C@@H](OCc2ccccc2)[C@H](OCc2ccccc2)[C@H]1OCc1ccccc1. The Labute approximate surface area is 321 Å². The Bertz CT molecular complexity index is 1600. The maximum atomic E-state index is 12.4. The lowest BCUT2D eigenvalue weighted by Gasteiger charge is -2.47. The van der Waals surface area contributed by atoms with Crippen LogP contribution in [0.15, 0.2) is 91.0 Å². The van der Waals surface area contributed by atoms with E-state index < -0.39 is 78.5 Å². The summed E-state index contributed by atoms with van der Waals surface area (Å²) in [5.41, 5.74) is 2.45. The molecule has 54 heavy (non-hydrogen) atoms. The molecule has 2 saturated heterocycles. The Morgan fingerprint density at radius 3 is 1.48 bits per heavy atom. The minimum Gasteiger partial charge on any atom is -0.456 e. The summed E-state index contributed by atoms with van der Waals surface area (Å²) in [5, 5.41) is 0. The third-order valence-corrected chi connectivity index (χ3v) is 9.88. The highest BCUT2D eigenvalue weighted by atomic mass is 32.2. The summed E-state index contributed by atoms with van der Waals surface area (Å²) in [6.07, 6.45) is -8.18. The largest absolute Gasteiger partial charge is 0.456 e. The summed E-state index contributed by atoms with van der Waals surface area (Å²) in [5.74, 6) is -1.22. The predicted octanol–water partition coefficient (Wildman–Crippen LogP) is 5.78. The van der Waals surface area contributed by atoms with E-state index in [0.717, 1.165) is 22.4 Å². The van der Waals surface area contributed by atoms with Crippen molar-refractivity contribution in [2.24, 2.45) is 0 Å². The number of esters is 3. The van der Waals surface area contributed by atoms with Crippen molar-refractivity contribution in [1.29, 1.82) is 0 Å². The lowest BCUT2D eigenvalue weighted by atomic mass is 9.98. The zero-order valence-corrected chi connectivity index (χ0v) is 32.1. The Balaban J connectivity index is 1.46. The third-order valence-electron chi connectivity index (χ3n) is 8.84. The van der Waals surface area contributed by atoms with Crippen LogP contribution < -0.4 is 0 Å². The van der Waals surface area contributed by atoms with Gasteiger partial charge in [-0.25, -0.2) is 0 Å². The highest BCUT2D eigenvalue weighted by Crippen LogP contribution is 2.36. The summed E-state index contributed by atoms with van der Waals surface area (Å²) in [4.78, 5) is 36.6. The Morgan fingerprint density at radius 2 is 1.00 bits per heavy atom. The molecule has 10 atom stereocenters. The van der Waals surface area contributed by atoms with Crippen LogP contribution in [0.3, 0.4) is 0 Å². The molecule has 3 aromatic rings. The molecule has 0 aliphatic carbocycles. The van der Waals surface area contributed by atoms with Crippen LogP contribution in [-0.4, -0.2) is 90.8 Å². The lowest BCUT2D eigenvalue weighted by molar-refractivity contribution is -0.314. The molecular weight excluding hydrogens is 717 g/mol. The first-order chi connectivity index (χ1) is 26.1. The fraction of sp³-hybridized carbons (Fsp3) is 0.488. The Morgan fingerprint density at radius 1 is 0.556 bits per heavy atom. The molecule has 13 heteroatoms. The Hall–Kier alpha value is -3.82. The number of thioether (sulfide) groups is 1. The van der Waals surface area contributed by atoms with Gasteiger partial charge in [0.2, 0.25) is 0 Å². The summed E-state index contributed by atoms with van der Waals surface area (Å²) in [6, 6.07) is 29.5.